The third-order valence-electron chi connectivity index (χ3n) is 4.68. The van der Waals surface area contributed by atoms with Crippen LogP contribution in [0.1, 0.15) is 19.4 Å². The monoisotopic (exact) mass is 365 g/mol. The van der Waals surface area contributed by atoms with E-state index in [1.807, 2.05) is 41.3 Å². The van der Waals surface area contributed by atoms with E-state index in [0.29, 0.717) is 11.7 Å². The van der Waals surface area contributed by atoms with Crippen molar-refractivity contribution in [2.45, 2.75) is 32.0 Å². The minimum absolute atomic E-state index is 0.156. The molecule has 26 heavy (non-hydrogen) atoms. The molecule has 1 aliphatic heterocycles. The van der Waals surface area contributed by atoms with Gasteiger partial charge in [-0.3, -0.25) is 4.79 Å². The predicted molar refractivity (Wildman–Crippen MR) is 108 cm³/mol. The molecular formula is C21H23N3OS. The highest BCUT2D eigenvalue weighted by atomic mass is 32.2. The Hall–Kier alpha value is -2.27. The van der Waals surface area contributed by atoms with E-state index in [9.17, 15) is 4.79 Å². The first kappa shape index (κ1) is 17.2. The molecule has 0 aliphatic carbocycles. The number of amides is 1. The molecule has 134 valence electrons. The molecule has 0 spiro atoms. The number of fused-ring (bicyclic) bond motifs is 2. The minimum atomic E-state index is 0.156. The van der Waals surface area contributed by atoms with Crippen LogP contribution in [-0.4, -0.2) is 27.8 Å². The summed E-state index contributed by atoms with van der Waals surface area (Å²) in [5, 5.41) is 0.931. The van der Waals surface area contributed by atoms with Crippen LogP contribution in [0.5, 0.6) is 0 Å². The number of rotatable bonds is 5. The van der Waals surface area contributed by atoms with E-state index in [1.54, 1.807) is 11.8 Å². The van der Waals surface area contributed by atoms with Gasteiger partial charge in [0.05, 0.1) is 16.8 Å². The summed E-state index contributed by atoms with van der Waals surface area (Å²) in [5.41, 5.74) is 4.46. The van der Waals surface area contributed by atoms with Crippen molar-refractivity contribution in [3.63, 3.8) is 0 Å². The largest absolute Gasteiger partial charge is 0.319 e. The van der Waals surface area contributed by atoms with Gasteiger partial charge in [0.15, 0.2) is 5.16 Å². The Morgan fingerprint density at radius 3 is 2.77 bits per heavy atom. The van der Waals surface area contributed by atoms with Crippen molar-refractivity contribution in [1.29, 1.82) is 0 Å². The Morgan fingerprint density at radius 2 is 1.92 bits per heavy atom. The van der Waals surface area contributed by atoms with Crippen LogP contribution >= 0.6 is 11.8 Å². The molecule has 0 N–H and O–H groups in total. The summed E-state index contributed by atoms with van der Waals surface area (Å²) < 4.78 is 2.25. The van der Waals surface area contributed by atoms with Gasteiger partial charge in [0.1, 0.15) is 0 Å². The average Bonchev–Trinajstić information content (AvgIpc) is 3.21. The van der Waals surface area contributed by atoms with Gasteiger partial charge in [0.2, 0.25) is 5.91 Å². The van der Waals surface area contributed by atoms with Gasteiger partial charge in [-0.2, -0.15) is 0 Å². The minimum Gasteiger partial charge on any atom is -0.319 e. The van der Waals surface area contributed by atoms with Crippen LogP contribution in [0.2, 0.25) is 0 Å². The molecule has 3 aromatic rings. The van der Waals surface area contributed by atoms with Gasteiger partial charge in [-0.1, -0.05) is 55.9 Å². The number of para-hydroxylation sites is 3. The summed E-state index contributed by atoms with van der Waals surface area (Å²) >= 11 is 1.55. The zero-order chi connectivity index (χ0) is 18.1. The third-order valence-corrected chi connectivity index (χ3v) is 5.64. The van der Waals surface area contributed by atoms with Gasteiger partial charge < -0.3 is 9.47 Å². The molecule has 0 bridgehead atoms. The molecular weight excluding hydrogens is 342 g/mol. The predicted octanol–water partition coefficient (Wildman–Crippen LogP) is 4.37. The van der Waals surface area contributed by atoms with Gasteiger partial charge in [-0.15, -0.1) is 0 Å². The Balaban J connectivity index is 1.54. The van der Waals surface area contributed by atoms with Gasteiger partial charge in [0.25, 0.3) is 0 Å². The van der Waals surface area contributed by atoms with Crippen LogP contribution in [0.25, 0.3) is 11.0 Å². The maximum Gasteiger partial charge on any atom is 0.237 e. The number of nitrogens with zero attached hydrogens (tertiary/aromatic N) is 3. The molecule has 1 aromatic heterocycles. The summed E-state index contributed by atoms with van der Waals surface area (Å²) in [6.07, 6.45) is 0.943. The lowest BCUT2D eigenvalue weighted by molar-refractivity contribution is -0.116. The second-order valence-electron chi connectivity index (χ2n) is 7.10. The molecule has 0 saturated carbocycles. The van der Waals surface area contributed by atoms with E-state index in [0.717, 1.165) is 41.4 Å². The van der Waals surface area contributed by atoms with E-state index in [2.05, 4.69) is 30.5 Å². The molecule has 0 radical (unpaired) electrons. The Labute approximate surface area is 158 Å². The second kappa shape index (κ2) is 7.16. The number of benzene rings is 2. The van der Waals surface area contributed by atoms with Crippen molar-refractivity contribution in [3.05, 3.63) is 54.1 Å². The van der Waals surface area contributed by atoms with Crippen molar-refractivity contribution in [3.8, 4) is 0 Å². The van der Waals surface area contributed by atoms with Gasteiger partial charge in [-0.05, 0) is 36.1 Å². The summed E-state index contributed by atoms with van der Waals surface area (Å²) in [6.45, 7) is 6.09. The van der Waals surface area contributed by atoms with Crippen molar-refractivity contribution in [2.75, 3.05) is 17.2 Å². The highest BCUT2D eigenvalue weighted by molar-refractivity contribution is 7.99. The summed E-state index contributed by atoms with van der Waals surface area (Å²) in [6, 6.07) is 16.4. The zero-order valence-corrected chi connectivity index (χ0v) is 16.0. The van der Waals surface area contributed by atoms with E-state index in [1.165, 1.54) is 5.56 Å². The van der Waals surface area contributed by atoms with Crippen molar-refractivity contribution < 1.29 is 4.79 Å². The number of aromatic nitrogens is 2. The van der Waals surface area contributed by atoms with Crippen LogP contribution in [0.15, 0.2) is 53.7 Å². The van der Waals surface area contributed by atoms with Crippen LogP contribution in [-0.2, 0) is 17.8 Å². The Bertz CT molecular complexity index is 947. The molecule has 0 unspecified atom stereocenters. The van der Waals surface area contributed by atoms with Crippen molar-refractivity contribution >= 4 is 34.4 Å². The molecule has 1 aliphatic rings. The second-order valence-corrected chi connectivity index (χ2v) is 8.04. The van der Waals surface area contributed by atoms with Crippen molar-refractivity contribution in [1.82, 2.24) is 9.55 Å². The Kier molecular flexibility index (Phi) is 4.72. The van der Waals surface area contributed by atoms with Crippen molar-refractivity contribution in [2.24, 2.45) is 5.92 Å². The number of thioether (sulfide) groups is 1. The molecule has 5 heteroatoms. The highest BCUT2D eigenvalue weighted by Crippen LogP contribution is 2.30. The van der Waals surface area contributed by atoms with E-state index in [-0.39, 0.29) is 5.91 Å². The quantitative estimate of drug-likeness (QED) is 0.630. The fraction of sp³-hybridized carbons (Fsp3) is 0.333. The number of hydrogen-bond acceptors (Lipinski definition) is 3. The molecule has 2 heterocycles. The van der Waals surface area contributed by atoms with Gasteiger partial charge in [0, 0.05) is 18.8 Å². The van der Waals surface area contributed by atoms with E-state index in [4.69, 9.17) is 4.98 Å². The molecule has 4 nitrogen and oxygen atoms in total. The molecule has 1 amide bonds. The SMILES string of the molecule is CC(C)Cn1c(SCC(=O)N2CCc3ccccc32)nc2ccccc21. The lowest BCUT2D eigenvalue weighted by atomic mass is 10.2. The normalized spacial score (nSPS) is 13.6. The summed E-state index contributed by atoms with van der Waals surface area (Å²) in [4.78, 5) is 19.5. The van der Waals surface area contributed by atoms with Crippen LogP contribution in [0.4, 0.5) is 5.69 Å². The molecule has 0 fully saturated rings. The fourth-order valence-corrected chi connectivity index (χ4v) is 4.41. The number of hydrogen-bond donors (Lipinski definition) is 0. The van der Waals surface area contributed by atoms with E-state index >= 15 is 0 Å². The van der Waals surface area contributed by atoms with Crippen LogP contribution in [0.3, 0.4) is 0 Å². The third kappa shape index (κ3) is 3.23. The highest BCUT2D eigenvalue weighted by Gasteiger charge is 2.24. The molecule has 4 rings (SSSR count). The standard InChI is InChI=1S/C21H23N3OS/c1-15(2)13-24-19-10-6-4-8-17(19)22-21(24)26-14-20(25)23-12-11-16-7-3-5-9-18(16)23/h3-10,15H,11-14H2,1-2H3. The first-order valence-electron chi connectivity index (χ1n) is 9.10. The lowest BCUT2D eigenvalue weighted by Crippen LogP contribution is -2.30. The molecule has 0 atom stereocenters. The first-order chi connectivity index (χ1) is 12.6. The topological polar surface area (TPSA) is 38.1 Å². The maximum atomic E-state index is 12.8. The molecule has 2 aromatic carbocycles. The number of anilines is 1. The maximum absolute atomic E-state index is 12.8. The smallest absolute Gasteiger partial charge is 0.237 e. The Morgan fingerprint density at radius 1 is 1.15 bits per heavy atom. The number of imidazole rings is 1. The number of carbonyl (C=O) groups excluding carboxylic acids is 1. The zero-order valence-electron chi connectivity index (χ0n) is 15.2. The van der Waals surface area contributed by atoms with Gasteiger partial charge in [-0.25, -0.2) is 4.98 Å². The van der Waals surface area contributed by atoms with Gasteiger partial charge >= 0.3 is 0 Å². The van der Waals surface area contributed by atoms with Crippen LogP contribution < -0.4 is 4.90 Å². The van der Waals surface area contributed by atoms with Crippen LogP contribution in [0, 0.1) is 5.92 Å². The lowest BCUT2D eigenvalue weighted by Gasteiger charge is -2.17. The van der Waals surface area contributed by atoms with E-state index < -0.39 is 0 Å². The fourth-order valence-electron chi connectivity index (χ4n) is 3.51. The number of carbonyl (C=O) groups is 1. The molecule has 0 saturated heterocycles. The summed E-state index contributed by atoms with van der Waals surface area (Å²) in [5.74, 6) is 1.09. The first-order valence-corrected chi connectivity index (χ1v) is 10.1. The summed E-state index contributed by atoms with van der Waals surface area (Å²) in [7, 11) is 0. The average molecular weight is 366 g/mol.